The van der Waals surface area contributed by atoms with Crippen molar-refractivity contribution in [3.05, 3.63) is 65.0 Å². The summed E-state index contributed by atoms with van der Waals surface area (Å²) in [7, 11) is 4.19. The molecule has 1 unspecified atom stereocenters. The molecule has 25 heavy (non-hydrogen) atoms. The summed E-state index contributed by atoms with van der Waals surface area (Å²) >= 11 is 0. The average molecular weight is 333 g/mol. The van der Waals surface area contributed by atoms with E-state index in [9.17, 15) is 0 Å². The predicted octanol–water partition coefficient (Wildman–Crippen LogP) is 3.09. The maximum Gasteiger partial charge on any atom is 0.171 e. The van der Waals surface area contributed by atoms with Crippen molar-refractivity contribution in [1.82, 2.24) is 25.1 Å². The van der Waals surface area contributed by atoms with Crippen molar-refractivity contribution < 1.29 is 0 Å². The summed E-state index contributed by atoms with van der Waals surface area (Å²) in [5.74, 6) is 0.711. The average Bonchev–Trinajstić information content (AvgIpc) is 3.18. The van der Waals surface area contributed by atoms with E-state index in [0.29, 0.717) is 5.82 Å². The highest BCUT2D eigenvalue weighted by Crippen LogP contribution is 2.38. The van der Waals surface area contributed by atoms with Gasteiger partial charge in [-0.15, -0.1) is 10.2 Å². The van der Waals surface area contributed by atoms with Gasteiger partial charge >= 0.3 is 0 Å². The van der Waals surface area contributed by atoms with E-state index in [4.69, 9.17) is 0 Å². The number of rotatable bonds is 5. The van der Waals surface area contributed by atoms with E-state index < -0.39 is 0 Å². The molecule has 0 amide bonds. The van der Waals surface area contributed by atoms with E-state index in [0.717, 1.165) is 19.4 Å². The standard InChI is InChI=1S/C20H23N5/c1-14-21-23-25(22-14)20(10-11-24(2)3)16-8-9-19-17(13-16)12-15-6-4-5-7-18(15)19/h4-9,13,20H,10-12H2,1-3H3. The fourth-order valence-electron chi connectivity index (χ4n) is 3.60. The number of benzene rings is 2. The molecule has 1 atom stereocenters. The van der Waals surface area contributed by atoms with Gasteiger partial charge in [0.2, 0.25) is 0 Å². The van der Waals surface area contributed by atoms with E-state index in [1.165, 1.54) is 27.8 Å². The minimum absolute atomic E-state index is 0.109. The Kier molecular flexibility index (Phi) is 4.09. The highest BCUT2D eigenvalue weighted by atomic mass is 15.6. The van der Waals surface area contributed by atoms with Crippen LogP contribution in [0.15, 0.2) is 42.5 Å². The maximum atomic E-state index is 4.47. The second kappa shape index (κ2) is 6.41. The van der Waals surface area contributed by atoms with Gasteiger partial charge in [-0.2, -0.15) is 4.80 Å². The van der Waals surface area contributed by atoms with Crippen molar-refractivity contribution in [3.8, 4) is 11.1 Å². The largest absolute Gasteiger partial charge is 0.309 e. The zero-order valence-corrected chi connectivity index (χ0v) is 15.0. The zero-order valence-electron chi connectivity index (χ0n) is 15.0. The van der Waals surface area contributed by atoms with E-state index in [1.807, 2.05) is 6.92 Å². The van der Waals surface area contributed by atoms with Gasteiger partial charge in [-0.05, 0) is 73.4 Å². The van der Waals surface area contributed by atoms with Crippen molar-refractivity contribution in [2.24, 2.45) is 0 Å². The number of aromatic nitrogens is 4. The third-order valence-corrected chi connectivity index (χ3v) is 4.86. The molecule has 0 spiro atoms. The molecule has 5 nitrogen and oxygen atoms in total. The third kappa shape index (κ3) is 3.07. The Hall–Kier alpha value is -2.53. The maximum absolute atomic E-state index is 4.47. The molecule has 5 heteroatoms. The molecule has 3 aromatic rings. The first kappa shape index (κ1) is 16.0. The molecule has 1 aromatic heterocycles. The normalized spacial score (nSPS) is 13.8. The summed E-state index contributed by atoms with van der Waals surface area (Å²) in [6, 6.07) is 15.6. The first-order chi connectivity index (χ1) is 12.1. The molecule has 0 bridgehead atoms. The molecule has 0 saturated heterocycles. The number of nitrogens with zero attached hydrogens (tertiary/aromatic N) is 5. The van der Waals surface area contributed by atoms with Crippen molar-refractivity contribution >= 4 is 0 Å². The lowest BCUT2D eigenvalue weighted by Gasteiger charge is -2.19. The van der Waals surface area contributed by atoms with Gasteiger partial charge in [0, 0.05) is 0 Å². The van der Waals surface area contributed by atoms with Crippen molar-refractivity contribution in [2.45, 2.75) is 25.8 Å². The highest BCUT2D eigenvalue weighted by Gasteiger charge is 2.22. The number of tetrazole rings is 1. The SMILES string of the molecule is Cc1nnn(C(CCN(C)C)c2ccc3c(c2)Cc2ccccc2-3)n1. The zero-order chi connectivity index (χ0) is 17.4. The second-order valence-corrected chi connectivity index (χ2v) is 7.02. The topological polar surface area (TPSA) is 46.8 Å². The minimum atomic E-state index is 0.109. The van der Waals surface area contributed by atoms with E-state index in [1.54, 1.807) is 4.80 Å². The van der Waals surface area contributed by atoms with Crippen LogP contribution in [0.5, 0.6) is 0 Å². The first-order valence-corrected chi connectivity index (χ1v) is 8.74. The van der Waals surface area contributed by atoms with Crippen LogP contribution < -0.4 is 0 Å². The number of hydrogen-bond donors (Lipinski definition) is 0. The molecule has 1 aliphatic rings. The summed E-state index contributed by atoms with van der Waals surface area (Å²) in [5, 5.41) is 12.8. The van der Waals surface area contributed by atoms with Gasteiger partial charge in [-0.25, -0.2) is 0 Å². The lowest BCUT2D eigenvalue weighted by atomic mass is 9.98. The van der Waals surface area contributed by atoms with Crippen LogP contribution >= 0.6 is 0 Å². The molecule has 1 aliphatic carbocycles. The molecular weight excluding hydrogens is 310 g/mol. The van der Waals surface area contributed by atoms with Crippen LogP contribution in [0.2, 0.25) is 0 Å². The third-order valence-electron chi connectivity index (χ3n) is 4.86. The van der Waals surface area contributed by atoms with Gasteiger partial charge in [0.25, 0.3) is 0 Å². The first-order valence-electron chi connectivity index (χ1n) is 8.74. The van der Waals surface area contributed by atoms with Crippen LogP contribution in [-0.4, -0.2) is 45.7 Å². The Morgan fingerprint density at radius 2 is 1.88 bits per heavy atom. The Balaban J connectivity index is 1.70. The van der Waals surface area contributed by atoms with Gasteiger partial charge in [0.05, 0.1) is 6.04 Å². The number of hydrogen-bond acceptors (Lipinski definition) is 4. The lowest BCUT2D eigenvalue weighted by molar-refractivity contribution is 0.339. The fraction of sp³-hybridized carbons (Fsp3) is 0.350. The Bertz CT molecular complexity index is 897. The van der Waals surface area contributed by atoms with Gasteiger partial charge in [-0.3, -0.25) is 0 Å². The van der Waals surface area contributed by atoms with Crippen LogP contribution in [0.3, 0.4) is 0 Å². The molecular formula is C20H23N5. The van der Waals surface area contributed by atoms with Gasteiger partial charge in [-0.1, -0.05) is 42.5 Å². The summed E-state index contributed by atoms with van der Waals surface area (Å²) < 4.78 is 0. The quantitative estimate of drug-likeness (QED) is 0.563. The monoisotopic (exact) mass is 333 g/mol. The van der Waals surface area contributed by atoms with Gasteiger partial charge in [0.15, 0.2) is 5.82 Å². The van der Waals surface area contributed by atoms with Crippen molar-refractivity contribution in [3.63, 3.8) is 0 Å². The molecule has 0 aliphatic heterocycles. The summed E-state index contributed by atoms with van der Waals surface area (Å²) in [4.78, 5) is 3.96. The molecule has 4 rings (SSSR count). The lowest BCUT2D eigenvalue weighted by Crippen LogP contribution is -2.21. The van der Waals surface area contributed by atoms with Gasteiger partial charge in [0.1, 0.15) is 0 Å². The Morgan fingerprint density at radius 1 is 1.08 bits per heavy atom. The van der Waals surface area contributed by atoms with Crippen LogP contribution in [0.25, 0.3) is 11.1 Å². The number of fused-ring (bicyclic) bond motifs is 3. The molecule has 0 saturated carbocycles. The van der Waals surface area contributed by atoms with Crippen LogP contribution in [-0.2, 0) is 6.42 Å². The second-order valence-electron chi connectivity index (χ2n) is 7.02. The number of aryl methyl sites for hydroxylation is 1. The Morgan fingerprint density at radius 3 is 2.64 bits per heavy atom. The fourth-order valence-corrected chi connectivity index (χ4v) is 3.60. The molecule has 0 fully saturated rings. The van der Waals surface area contributed by atoms with Crippen LogP contribution in [0.1, 0.15) is 35.0 Å². The Labute approximate surface area is 148 Å². The molecule has 0 radical (unpaired) electrons. The van der Waals surface area contributed by atoms with Crippen molar-refractivity contribution in [1.29, 1.82) is 0 Å². The minimum Gasteiger partial charge on any atom is -0.309 e. The van der Waals surface area contributed by atoms with Gasteiger partial charge < -0.3 is 4.90 Å². The highest BCUT2D eigenvalue weighted by molar-refractivity contribution is 5.77. The summed E-state index contributed by atoms with van der Waals surface area (Å²) in [5.41, 5.74) is 6.78. The van der Waals surface area contributed by atoms with E-state index in [-0.39, 0.29) is 6.04 Å². The smallest absolute Gasteiger partial charge is 0.171 e. The molecule has 1 heterocycles. The van der Waals surface area contributed by atoms with Crippen molar-refractivity contribution in [2.75, 3.05) is 20.6 Å². The summed E-state index contributed by atoms with van der Waals surface area (Å²) in [6.45, 7) is 2.86. The molecule has 2 aromatic carbocycles. The van der Waals surface area contributed by atoms with Crippen LogP contribution in [0, 0.1) is 6.92 Å². The van der Waals surface area contributed by atoms with Crippen LogP contribution in [0.4, 0.5) is 0 Å². The molecule has 0 N–H and O–H groups in total. The predicted molar refractivity (Wildman–Crippen MR) is 98.5 cm³/mol. The van der Waals surface area contributed by atoms with E-state index in [2.05, 4.69) is 76.9 Å². The summed E-state index contributed by atoms with van der Waals surface area (Å²) in [6.07, 6.45) is 1.96. The van der Waals surface area contributed by atoms with E-state index >= 15 is 0 Å². The molecule has 128 valence electrons.